The Kier molecular flexibility index (Phi) is 3.51. The third-order valence-corrected chi connectivity index (χ3v) is 3.31. The molecule has 1 nitrogen and oxygen atoms in total. The maximum absolute atomic E-state index is 3.49. The number of rotatable bonds is 3. The molecule has 0 saturated carbocycles. The molecular formula is C19H17N. The summed E-state index contributed by atoms with van der Waals surface area (Å²) >= 11 is 0. The Morgan fingerprint density at radius 1 is 0.700 bits per heavy atom. The van der Waals surface area contributed by atoms with Crippen LogP contribution in [0.1, 0.15) is 5.56 Å². The molecule has 0 atom stereocenters. The van der Waals surface area contributed by atoms with Gasteiger partial charge in [-0.05, 0) is 30.7 Å². The molecule has 3 aromatic carbocycles. The van der Waals surface area contributed by atoms with Crippen LogP contribution in [0.5, 0.6) is 0 Å². The normalized spacial score (nSPS) is 10.2. The summed E-state index contributed by atoms with van der Waals surface area (Å²) in [4.78, 5) is 0. The molecule has 0 aromatic heterocycles. The molecule has 0 saturated heterocycles. The fourth-order valence-corrected chi connectivity index (χ4v) is 2.33. The SMILES string of the molecule is Cc1cccc(-c2ccccc2Nc2ccccc2)c1. The summed E-state index contributed by atoms with van der Waals surface area (Å²) in [5, 5.41) is 3.49. The monoisotopic (exact) mass is 259 g/mol. The molecule has 3 aromatic rings. The van der Waals surface area contributed by atoms with Crippen LogP contribution in [0.2, 0.25) is 0 Å². The zero-order chi connectivity index (χ0) is 13.8. The highest BCUT2D eigenvalue weighted by Gasteiger charge is 2.04. The van der Waals surface area contributed by atoms with Crippen LogP contribution in [0.3, 0.4) is 0 Å². The lowest BCUT2D eigenvalue weighted by molar-refractivity contribution is 1.46. The van der Waals surface area contributed by atoms with Crippen LogP contribution in [0.4, 0.5) is 11.4 Å². The van der Waals surface area contributed by atoms with Crippen LogP contribution in [-0.4, -0.2) is 0 Å². The minimum Gasteiger partial charge on any atom is -0.355 e. The second-order valence-corrected chi connectivity index (χ2v) is 4.91. The quantitative estimate of drug-likeness (QED) is 0.663. The van der Waals surface area contributed by atoms with Crippen molar-refractivity contribution < 1.29 is 0 Å². The van der Waals surface area contributed by atoms with Gasteiger partial charge in [-0.25, -0.2) is 0 Å². The van der Waals surface area contributed by atoms with Gasteiger partial charge < -0.3 is 5.32 Å². The first-order valence-corrected chi connectivity index (χ1v) is 6.81. The van der Waals surface area contributed by atoms with Crippen molar-refractivity contribution in [2.24, 2.45) is 0 Å². The summed E-state index contributed by atoms with van der Waals surface area (Å²) in [5.41, 5.74) is 5.97. The van der Waals surface area contributed by atoms with Gasteiger partial charge in [0.2, 0.25) is 0 Å². The Balaban J connectivity index is 2.00. The number of hydrogen-bond acceptors (Lipinski definition) is 1. The third-order valence-electron chi connectivity index (χ3n) is 3.31. The van der Waals surface area contributed by atoms with Crippen LogP contribution in [0, 0.1) is 6.92 Å². The molecule has 0 heterocycles. The molecule has 0 aliphatic rings. The molecule has 0 bridgehead atoms. The maximum Gasteiger partial charge on any atom is 0.0463 e. The van der Waals surface area contributed by atoms with Crippen molar-refractivity contribution in [1.29, 1.82) is 0 Å². The zero-order valence-electron chi connectivity index (χ0n) is 11.5. The van der Waals surface area contributed by atoms with E-state index in [1.165, 1.54) is 16.7 Å². The predicted molar refractivity (Wildman–Crippen MR) is 86.3 cm³/mol. The summed E-state index contributed by atoms with van der Waals surface area (Å²) < 4.78 is 0. The molecule has 98 valence electrons. The van der Waals surface area contributed by atoms with Gasteiger partial charge in [0, 0.05) is 16.9 Å². The standard InChI is InChI=1S/C19H17N/c1-15-8-7-9-16(14-15)18-12-5-6-13-19(18)20-17-10-3-2-4-11-17/h2-14,20H,1H3. The summed E-state index contributed by atoms with van der Waals surface area (Å²) in [5.74, 6) is 0. The van der Waals surface area contributed by atoms with Crippen LogP contribution in [-0.2, 0) is 0 Å². The van der Waals surface area contributed by atoms with Crippen molar-refractivity contribution in [2.45, 2.75) is 6.92 Å². The summed E-state index contributed by atoms with van der Waals surface area (Å²) in [7, 11) is 0. The zero-order valence-corrected chi connectivity index (χ0v) is 11.5. The van der Waals surface area contributed by atoms with Crippen molar-refractivity contribution in [3.63, 3.8) is 0 Å². The van der Waals surface area contributed by atoms with Crippen molar-refractivity contribution >= 4 is 11.4 Å². The molecule has 0 spiro atoms. The highest BCUT2D eigenvalue weighted by molar-refractivity contribution is 5.81. The number of nitrogens with one attached hydrogen (secondary N) is 1. The maximum atomic E-state index is 3.49. The Hall–Kier alpha value is -2.54. The summed E-state index contributed by atoms with van der Waals surface area (Å²) in [6, 6.07) is 27.3. The first-order valence-electron chi connectivity index (χ1n) is 6.81. The Morgan fingerprint density at radius 2 is 1.45 bits per heavy atom. The summed E-state index contributed by atoms with van der Waals surface area (Å²) in [6.45, 7) is 2.12. The Bertz CT molecular complexity index is 702. The van der Waals surface area contributed by atoms with Gasteiger partial charge >= 0.3 is 0 Å². The van der Waals surface area contributed by atoms with Gasteiger partial charge in [-0.2, -0.15) is 0 Å². The molecule has 1 heteroatoms. The van der Waals surface area contributed by atoms with E-state index in [1.807, 2.05) is 18.2 Å². The molecule has 0 aliphatic heterocycles. The van der Waals surface area contributed by atoms with Gasteiger partial charge in [-0.1, -0.05) is 66.2 Å². The predicted octanol–water partition coefficient (Wildman–Crippen LogP) is 5.41. The van der Waals surface area contributed by atoms with Gasteiger partial charge in [0.15, 0.2) is 0 Å². The topological polar surface area (TPSA) is 12.0 Å². The largest absolute Gasteiger partial charge is 0.355 e. The van der Waals surface area contributed by atoms with Crippen molar-refractivity contribution in [1.82, 2.24) is 0 Å². The van der Waals surface area contributed by atoms with E-state index in [2.05, 4.69) is 72.9 Å². The van der Waals surface area contributed by atoms with E-state index in [-0.39, 0.29) is 0 Å². The molecule has 1 N–H and O–H groups in total. The van der Waals surface area contributed by atoms with Crippen molar-refractivity contribution in [3.05, 3.63) is 84.4 Å². The first-order chi connectivity index (χ1) is 9.83. The summed E-state index contributed by atoms with van der Waals surface area (Å²) in [6.07, 6.45) is 0. The minimum absolute atomic E-state index is 1.10. The number of para-hydroxylation sites is 2. The van der Waals surface area contributed by atoms with E-state index in [0.717, 1.165) is 11.4 Å². The van der Waals surface area contributed by atoms with Crippen LogP contribution in [0.15, 0.2) is 78.9 Å². The van der Waals surface area contributed by atoms with E-state index < -0.39 is 0 Å². The van der Waals surface area contributed by atoms with E-state index in [0.29, 0.717) is 0 Å². The molecule has 20 heavy (non-hydrogen) atoms. The lowest BCUT2D eigenvalue weighted by Crippen LogP contribution is -1.93. The van der Waals surface area contributed by atoms with Gasteiger partial charge in [0.05, 0.1) is 0 Å². The van der Waals surface area contributed by atoms with Gasteiger partial charge in [0.1, 0.15) is 0 Å². The van der Waals surface area contributed by atoms with E-state index in [4.69, 9.17) is 0 Å². The van der Waals surface area contributed by atoms with Crippen LogP contribution >= 0.6 is 0 Å². The van der Waals surface area contributed by atoms with Gasteiger partial charge in [-0.15, -0.1) is 0 Å². The van der Waals surface area contributed by atoms with Crippen molar-refractivity contribution in [3.8, 4) is 11.1 Å². The average molecular weight is 259 g/mol. The van der Waals surface area contributed by atoms with E-state index >= 15 is 0 Å². The third kappa shape index (κ3) is 2.72. The van der Waals surface area contributed by atoms with Crippen LogP contribution < -0.4 is 5.32 Å². The number of hydrogen-bond donors (Lipinski definition) is 1. The van der Waals surface area contributed by atoms with Gasteiger partial charge in [-0.3, -0.25) is 0 Å². The minimum atomic E-state index is 1.10. The van der Waals surface area contributed by atoms with Crippen LogP contribution in [0.25, 0.3) is 11.1 Å². The van der Waals surface area contributed by atoms with Gasteiger partial charge in [0.25, 0.3) is 0 Å². The molecule has 0 radical (unpaired) electrons. The smallest absolute Gasteiger partial charge is 0.0463 e. The molecule has 3 rings (SSSR count). The second-order valence-electron chi connectivity index (χ2n) is 4.91. The van der Waals surface area contributed by atoms with E-state index in [9.17, 15) is 0 Å². The first kappa shape index (κ1) is 12.5. The fourth-order valence-electron chi connectivity index (χ4n) is 2.33. The average Bonchev–Trinajstić information content (AvgIpc) is 2.49. The highest BCUT2D eigenvalue weighted by atomic mass is 14.9. The Labute approximate surface area is 119 Å². The highest BCUT2D eigenvalue weighted by Crippen LogP contribution is 2.30. The molecular weight excluding hydrogens is 242 g/mol. The molecule has 0 aliphatic carbocycles. The lowest BCUT2D eigenvalue weighted by atomic mass is 10.0. The van der Waals surface area contributed by atoms with E-state index in [1.54, 1.807) is 0 Å². The fraction of sp³-hybridized carbons (Fsp3) is 0.0526. The molecule has 0 unspecified atom stereocenters. The van der Waals surface area contributed by atoms with Crippen molar-refractivity contribution in [2.75, 3.05) is 5.32 Å². The number of benzene rings is 3. The molecule has 0 fully saturated rings. The number of anilines is 2. The molecule has 0 amide bonds. The second kappa shape index (κ2) is 5.62. The Morgan fingerprint density at radius 3 is 2.25 bits per heavy atom. The number of aryl methyl sites for hydroxylation is 1. The lowest BCUT2D eigenvalue weighted by Gasteiger charge is -2.12.